The summed E-state index contributed by atoms with van der Waals surface area (Å²) in [5, 5.41) is 11.6. The summed E-state index contributed by atoms with van der Waals surface area (Å²) in [5.74, 6) is 0.244. The predicted molar refractivity (Wildman–Crippen MR) is 90.5 cm³/mol. The summed E-state index contributed by atoms with van der Waals surface area (Å²) in [6.07, 6.45) is -0.388. The molecule has 0 saturated heterocycles. The molecule has 7 heteroatoms. The molecule has 0 radical (unpaired) electrons. The molecule has 1 heterocycles. The molecule has 0 bridgehead atoms. The SMILES string of the molecule is Cc1cccc(CSCCC(NC(=O)OC(C)(C)C)C(=O)O)n1. The Morgan fingerprint density at radius 2 is 2.09 bits per heavy atom. The highest BCUT2D eigenvalue weighted by Crippen LogP contribution is 2.13. The third kappa shape index (κ3) is 8.44. The lowest BCUT2D eigenvalue weighted by molar-refractivity contribution is -0.139. The minimum Gasteiger partial charge on any atom is -0.480 e. The number of aryl methyl sites for hydroxylation is 1. The van der Waals surface area contributed by atoms with E-state index < -0.39 is 23.7 Å². The fourth-order valence-electron chi connectivity index (χ4n) is 1.77. The van der Waals surface area contributed by atoms with E-state index in [-0.39, 0.29) is 0 Å². The summed E-state index contributed by atoms with van der Waals surface area (Å²) >= 11 is 1.58. The Morgan fingerprint density at radius 3 is 2.65 bits per heavy atom. The predicted octanol–water partition coefficient (Wildman–Crippen LogP) is 2.99. The van der Waals surface area contributed by atoms with Crippen molar-refractivity contribution >= 4 is 23.8 Å². The van der Waals surface area contributed by atoms with Crippen molar-refractivity contribution in [2.24, 2.45) is 0 Å². The highest BCUT2D eigenvalue weighted by atomic mass is 32.2. The summed E-state index contributed by atoms with van der Waals surface area (Å²) in [5.41, 5.74) is 1.26. The van der Waals surface area contributed by atoms with Gasteiger partial charge in [-0.05, 0) is 52.0 Å². The van der Waals surface area contributed by atoms with E-state index >= 15 is 0 Å². The van der Waals surface area contributed by atoms with Gasteiger partial charge in [-0.2, -0.15) is 11.8 Å². The minimum absolute atomic E-state index is 0.324. The van der Waals surface area contributed by atoms with Gasteiger partial charge in [-0.1, -0.05) is 6.07 Å². The number of carboxylic acids is 1. The Bertz CT molecular complexity index is 543. The van der Waals surface area contributed by atoms with E-state index in [0.29, 0.717) is 17.9 Å². The molecule has 0 aliphatic rings. The molecule has 1 aromatic rings. The van der Waals surface area contributed by atoms with Gasteiger partial charge < -0.3 is 15.2 Å². The molecule has 1 amide bonds. The second-order valence-corrected chi connectivity index (χ2v) is 7.25. The van der Waals surface area contributed by atoms with Crippen LogP contribution in [0, 0.1) is 6.92 Å². The van der Waals surface area contributed by atoms with E-state index in [0.717, 1.165) is 11.4 Å². The van der Waals surface area contributed by atoms with Crippen molar-refractivity contribution in [3.8, 4) is 0 Å². The maximum absolute atomic E-state index is 11.7. The molecule has 128 valence electrons. The van der Waals surface area contributed by atoms with Crippen molar-refractivity contribution in [1.82, 2.24) is 10.3 Å². The van der Waals surface area contributed by atoms with Crippen molar-refractivity contribution in [3.05, 3.63) is 29.6 Å². The molecular formula is C16H24N2O4S. The van der Waals surface area contributed by atoms with Crippen LogP contribution in [0.5, 0.6) is 0 Å². The molecule has 23 heavy (non-hydrogen) atoms. The number of pyridine rings is 1. The Labute approximate surface area is 141 Å². The number of hydrogen-bond acceptors (Lipinski definition) is 5. The first kappa shape index (κ1) is 19.3. The molecule has 0 spiro atoms. The molecule has 0 aliphatic carbocycles. The third-order valence-corrected chi connectivity index (χ3v) is 3.76. The van der Waals surface area contributed by atoms with Gasteiger partial charge in [0, 0.05) is 11.4 Å². The van der Waals surface area contributed by atoms with Crippen molar-refractivity contribution < 1.29 is 19.4 Å². The lowest BCUT2D eigenvalue weighted by Gasteiger charge is -2.21. The minimum atomic E-state index is -1.06. The average Bonchev–Trinajstić information content (AvgIpc) is 2.40. The standard InChI is InChI=1S/C16H24N2O4S/c1-11-6-5-7-12(17-11)10-23-9-8-13(14(19)20)18-15(21)22-16(2,3)4/h5-7,13H,8-10H2,1-4H3,(H,18,21)(H,19,20). The number of aliphatic carboxylic acids is 1. The van der Waals surface area contributed by atoms with Crippen LogP contribution in [0.15, 0.2) is 18.2 Å². The van der Waals surface area contributed by atoms with Gasteiger partial charge in [-0.15, -0.1) is 0 Å². The van der Waals surface area contributed by atoms with Crippen LogP contribution in [-0.2, 0) is 15.3 Å². The van der Waals surface area contributed by atoms with E-state index in [4.69, 9.17) is 4.74 Å². The Hall–Kier alpha value is -1.76. The zero-order valence-electron chi connectivity index (χ0n) is 14.0. The van der Waals surface area contributed by atoms with Crippen LogP contribution in [0.2, 0.25) is 0 Å². The van der Waals surface area contributed by atoms with Crippen molar-refractivity contribution in [2.75, 3.05) is 5.75 Å². The van der Waals surface area contributed by atoms with Gasteiger partial charge in [-0.3, -0.25) is 4.98 Å². The first-order chi connectivity index (χ1) is 10.7. The van der Waals surface area contributed by atoms with E-state index in [9.17, 15) is 14.7 Å². The molecular weight excluding hydrogens is 316 g/mol. The van der Waals surface area contributed by atoms with Gasteiger partial charge in [0.05, 0.1) is 5.69 Å². The van der Waals surface area contributed by atoms with Crippen LogP contribution < -0.4 is 5.32 Å². The highest BCUT2D eigenvalue weighted by molar-refractivity contribution is 7.98. The van der Waals surface area contributed by atoms with Gasteiger partial charge >= 0.3 is 12.1 Å². The number of hydrogen-bond donors (Lipinski definition) is 2. The van der Waals surface area contributed by atoms with Crippen LogP contribution in [0.3, 0.4) is 0 Å². The Kier molecular flexibility index (Phi) is 7.35. The number of carboxylic acid groups (broad SMARTS) is 1. The quantitative estimate of drug-likeness (QED) is 0.742. The first-order valence-electron chi connectivity index (χ1n) is 7.40. The first-order valence-corrected chi connectivity index (χ1v) is 8.55. The molecule has 2 N–H and O–H groups in total. The number of thioether (sulfide) groups is 1. The van der Waals surface area contributed by atoms with Crippen LogP contribution >= 0.6 is 11.8 Å². The zero-order valence-corrected chi connectivity index (χ0v) is 14.8. The molecule has 0 fully saturated rings. The number of carbonyl (C=O) groups excluding carboxylic acids is 1. The number of nitrogens with zero attached hydrogens (tertiary/aromatic N) is 1. The number of rotatable bonds is 7. The molecule has 1 atom stereocenters. The number of nitrogens with one attached hydrogen (secondary N) is 1. The number of ether oxygens (including phenoxy) is 1. The van der Waals surface area contributed by atoms with Gasteiger partial charge in [0.15, 0.2) is 0 Å². The van der Waals surface area contributed by atoms with Gasteiger partial charge in [0.2, 0.25) is 0 Å². The van der Waals surface area contributed by atoms with Crippen LogP contribution in [0.1, 0.15) is 38.6 Å². The van der Waals surface area contributed by atoms with Gasteiger partial charge in [0.25, 0.3) is 0 Å². The Morgan fingerprint density at radius 1 is 1.39 bits per heavy atom. The topological polar surface area (TPSA) is 88.5 Å². The average molecular weight is 340 g/mol. The molecule has 0 aromatic carbocycles. The highest BCUT2D eigenvalue weighted by Gasteiger charge is 2.23. The van der Waals surface area contributed by atoms with Gasteiger partial charge in [0.1, 0.15) is 11.6 Å². The molecule has 1 rings (SSSR count). The number of carbonyl (C=O) groups is 2. The van der Waals surface area contributed by atoms with Crippen LogP contribution in [0.25, 0.3) is 0 Å². The largest absolute Gasteiger partial charge is 0.480 e. The number of alkyl carbamates (subject to hydrolysis) is 1. The molecule has 1 unspecified atom stereocenters. The lowest BCUT2D eigenvalue weighted by atomic mass is 10.2. The number of aromatic nitrogens is 1. The molecule has 0 aliphatic heterocycles. The third-order valence-electron chi connectivity index (χ3n) is 2.74. The van der Waals surface area contributed by atoms with E-state index in [2.05, 4.69) is 10.3 Å². The lowest BCUT2D eigenvalue weighted by Crippen LogP contribution is -2.43. The second-order valence-electron chi connectivity index (χ2n) is 6.15. The smallest absolute Gasteiger partial charge is 0.408 e. The van der Waals surface area contributed by atoms with E-state index in [1.807, 2.05) is 25.1 Å². The summed E-state index contributed by atoms with van der Waals surface area (Å²) < 4.78 is 5.08. The van der Waals surface area contributed by atoms with Gasteiger partial charge in [-0.25, -0.2) is 9.59 Å². The molecule has 0 saturated carbocycles. The summed E-state index contributed by atoms with van der Waals surface area (Å²) in [4.78, 5) is 27.3. The summed E-state index contributed by atoms with van der Waals surface area (Å²) in [6, 6.07) is 4.86. The second kappa shape index (κ2) is 8.76. The zero-order chi connectivity index (χ0) is 17.5. The number of amides is 1. The maximum atomic E-state index is 11.7. The molecule has 1 aromatic heterocycles. The normalized spacial score (nSPS) is 12.5. The van der Waals surface area contributed by atoms with E-state index in [1.165, 1.54) is 0 Å². The monoisotopic (exact) mass is 340 g/mol. The Balaban J connectivity index is 2.39. The van der Waals surface area contributed by atoms with Crippen molar-refractivity contribution in [3.63, 3.8) is 0 Å². The van der Waals surface area contributed by atoms with Crippen molar-refractivity contribution in [2.45, 2.75) is 51.5 Å². The van der Waals surface area contributed by atoms with Crippen molar-refractivity contribution in [1.29, 1.82) is 0 Å². The maximum Gasteiger partial charge on any atom is 0.408 e. The van der Waals surface area contributed by atoms with E-state index in [1.54, 1.807) is 32.5 Å². The fraction of sp³-hybridized carbons (Fsp3) is 0.562. The summed E-state index contributed by atoms with van der Waals surface area (Å²) in [6.45, 7) is 7.12. The summed E-state index contributed by atoms with van der Waals surface area (Å²) in [7, 11) is 0. The molecule has 6 nitrogen and oxygen atoms in total. The van der Waals surface area contributed by atoms with Crippen LogP contribution in [0.4, 0.5) is 4.79 Å². The van der Waals surface area contributed by atoms with Crippen LogP contribution in [-0.4, -0.2) is 39.5 Å². The fourth-order valence-corrected chi connectivity index (χ4v) is 2.68.